The number of nitrogens with zero attached hydrogens (tertiary/aromatic N) is 3. The van der Waals surface area contributed by atoms with Crippen molar-refractivity contribution in [3.8, 4) is 0 Å². The molecule has 36 heavy (non-hydrogen) atoms. The topological polar surface area (TPSA) is 119 Å². The molecule has 3 N–H and O–H groups in total. The number of anilines is 2. The molecule has 0 unspecified atom stereocenters. The maximum absolute atomic E-state index is 13.5. The van der Waals surface area contributed by atoms with Crippen LogP contribution >= 0.6 is 0 Å². The Balaban J connectivity index is 1.44. The molecule has 10 heteroatoms. The molecule has 1 fully saturated rings. The van der Waals surface area contributed by atoms with Crippen molar-refractivity contribution in [3.63, 3.8) is 0 Å². The highest BCUT2D eigenvalue weighted by Gasteiger charge is 2.47. The van der Waals surface area contributed by atoms with E-state index in [2.05, 4.69) is 21.0 Å². The van der Waals surface area contributed by atoms with Gasteiger partial charge < -0.3 is 25.3 Å². The molecule has 0 saturated carbocycles. The van der Waals surface area contributed by atoms with Gasteiger partial charge in [0.2, 0.25) is 5.91 Å². The standard InChI is InChI=1S/C26H28N6O4/c1-16(17-7-11-31(2)15-17)22(30-23(33)21-6-10-27-32(21)3)24(34)28-18-4-5-19-20(14-18)29-25(35)26(19)8-12-36-13-9-26/h4-7,10-11,14-15H,8-9,12-13H2,1-3H3,(H,28,34)(H,29,35)(H,30,33)/b22-16+. The van der Waals surface area contributed by atoms with E-state index >= 15 is 0 Å². The van der Waals surface area contributed by atoms with Crippen LogP contribution in [0.25, 0.3) is 5.57 Å². The second-order valence-electron chi connectivity index (χ2n) is 9.22. The molecule has 5 rings (SSSR count). The van der Waals surface area contributed by atoms with Crippen LogP contribution < -0.4 is 16.0 Å². The van der Waals surface area contributed by atoms with E-state index in [1.165, 1.54) is 10.9 Å². The van der Waals surface area contributed by atoms with Gasteiger partial charge in [0.05, 0.1) is 5.41 Å². The monoisotopic (exact) mass is 488 g/mol. The van der Waals surface area contributed by atoms with Gasteiger partial charge >= 0.3 is 0 Å². The largest absolute Gasteiger partial charge is 0.381 e. The van der Waals surface area contributed by atoms with Crippen molar-refractivity contribution in [2.45, 2.75) is 25.2 Å². The molecule has 0 atom stereocenters. The molecular weight excluding hydrogens is 460 g/mol. The maximum Gasteiger partial charge on any atom is 0.274 e. The predicted octanol–water partition coefficient (Wildman–Crippen LogP) is 2.56. The number of rotatable bonds is 5. The van der Waals surface area contributed by atoms with Gasteiger partial charge in [-0.25, -0.2) is 0 Å². The first-order valence-corrected chi connectivity index (χ1v) is 11.8. The Morgan fingerprint density at radius 1 is 1.14 bits per heavy atom. The third kappa shape index (κ3) is 4.09. The SMILES string of the molecule is C/C(=C(\NC(=O)c1ccnn1C)C(=O)Nc1ccc2c(c1)NC(=O)C21CCOCC1)c1ccn(C)c1. The summed E-state index contributed by atoms with van der Waals surface area (Å²) in [7, 11) is 3.54. The number of hydrogen-bond acceptors (Lipinski definition) is 5. The van der Waals surface area contributed by atoms with Crippen LogP contribution in [-0.2, 0) is 33.8 Å². The number of benzene rings is 1. The van der Waals surface area contributed by atoms with E-state index in [0.717, 1.165) is 11.1 Å². The molecule has 2 aliphatic rings. The Kier molecular flexibility index (Phi) is 5.97. The van der Waals surface area contributed by atoms with Crippen LogP contribution in [-0.4, -0.2) is 45.3 Å². The molecule has 186 valence electrons. The quantitative estimate of drug-likeness (QED) is 0.477. The van der Waals surface area contributed by atoms with Crippen LogP contribution in [0.5, 0.6) is 0 Å². The van der Waals surface area contributed by atoms with Crippen molar-refractivity contribution >= 4 is 34.7 Å². The molecule has 1 spiro atoms. The van der Waals surface area contributed by atoms with E-state index in [-0.39, 0.29) is 11.6 Å². The molecule has 3 aromatic rings. The zero-order valence-electron chi connectivity index (χ0n) is 20.4. The van der Waals surface area contributed by atoms with Crippen molar-refractivity contribution in [1.29, 1.82) is 0 Å². The first-order chi connectivity index (χ1) is 17.3. The average Bonchev–Trinajstić information content (AvgIpc) is 3.56. The van der Waals surface area contributed by atoms with E-state index in [4.69, 9.17) is 4.74 Å². The summed E-state index contributed by atoms with van der Waals surface area (Å²) in [6.07, 6.45) is 6.51. The Morgan fingerprint density at radius 2 is 1.92 bits per heavy atom. The van der Waals surface area contributed by atoms with Gasteiger partial charge in [-0.3, -0.25) is 19.1 Å². The fourth-order valence-electron chi connectivity index (χ4n) is 4.88. The second kappa shape index (κ2) is 9.12. The Labute approximate surface area is 208 Å². The molecule has 10 nitrogen and oxygen atoms in total. The summed E-state index contributed by atoms with van der Waals surface area (Å²) in [6.45, 7) is 2.86. The third-order valence-corrected chi connectivity index (χ3v) is 6.98. The number of carbonyl (C=O) groups excluding carboxylic acids is 3. The van der Waals surface area contributed by atoms with Gasteiger partial charge in [-0.1, -0.05) is 6.07 Å². The normalized spacial score (nSPS) is 16.8. The molecule has 1 aromatic carbocycles. The minimum atomic E-state index is -0.581. The fourth-order valence-corrected chi connectivity index (χ4v) is 4.88. The Hall–Kier alpha value is -4.18. The lowest BCUT2D eigenvalue weighted by Gasteiger charge is -2.31. The number of fused-ring (bicyclic) bond motifs is 2. The summed E-state index contributed by atoms with van der Waals surface area (Å²) >= 11 is 0. The van der Waals surface area contributed by atoms with Gasteiger partial charge in [0.15, 0.2) is 0 Å². The summed E-state index contributed by atoms with van der Waals surface area (Å²) in [6, 6.07) is 8.88. The molecule has 0 aliphatic carbocycles. The molecule has 3 amide bonds. The van der Waals surface area contributed by atoms with Crippen LogP contribution in [0, 0.1) is 0 Å². The number of aromatic nitrogens is 3. The zero-order chi connectivity index (χ0) is 25.4. The minimum Gasteiger partial charge on any atom is -0.381 e. The predicted molar refractivity (Wildman–Crippen MR) is 134 cm³/mol. The molecule has 2 aromatic heterocycles. The highest BCUT2D eigenvalue weighted by atomic mass is 16.5. The van der Waals surface area contributed by atoms with E-state index in [0.29, 0.717) is 48.7 Å². The van der Waals surface area contributed by atoms with Crippen molar-refractivity contribution < 1.29 is 19.1 Å². The number of nitrogens with one attached hydrogen (secondary N) is 3. The Morgan fingerprint density at radius 3 is 2.58 bits per heavy atom. The van der Waals surface area contributed by atoms with Crippen LogP contribution in [0.1, 0.15) is 41.4 Å². The van der Waals surface area contributed by atoms with Crippen molar-refractivity contribution in [2.75, 3.05) is 23.8 Å². The van der Waals surface area contributed by atoms with Crippen LogP contribution in [0.15, 0.2) is 54.6 Å². The van der Waals surface area contributed by atoms with Crippen LogP contribution in [0.2, 0.25) is 0 Å². The van der Waals surface area contributed by atoms with E-state index in [9.17, 15) is 14.4 Å². The zero-order valence-corrected chi connectivity index (χ0v) is 20.4. The average molecular weight is 489 g/mol. The molecule has 4 heterocycles. The number of ether oxygens (including phenoxy) is 1. The van der Waals surface area contributed by atoms with Gasteiger partial charge in [0.1, 0.15) is 11.4 Å². The van der Waals surface area contributed by atoms with Gasteiger partial charge in [-0.2, -0.15) is 5.10 Å². The molecule has 0 bridgehead atoms. The number of allylic oxidation sites excluding steroid dienone is 1. The lowest BCUT2D eigenvalue weighted by Crippen LogP contribution is -2.39. The first kappa shape index (κ1) is 23.6. The van der Waals surface area contributed by atoms with Crippen molar-refractivity contribution in [1.82, 2.24) is 19.7 Å². The number of hydrogen-bond donors (Lipinski definition) is 3. The number of amides is 3. The van der Waals surface area contributed by atoms with Gasteiger partial charge in [-0.15, -0.1) is 0 Å². The summed E-state index contributed by atoms with van der Waals surface area (Å²) < 4.78 is 8.78. The molecule has 0 radical (unpaired) electrons. The van der Waals surface area contributed by atoms with E-state index < -0.39 is 17.2 Å². The maximum atomic E-state index is 13.5. The minimum absolute atomic E-state index is 0.0341. The summed E-state index contributed by atoms with van der Waals surface area (Å²) in [5.74, 6) is -0.955. The van der Waals surface area contributed by atoms with Gasteiger partial charge in [0, 0.05) is 57.3 Å². The second-order valence-corrected chi connectivity index (χ2v) is 9.22. The highest BCUT2D eigenvalue weighted by molar-refractivity contribution is 6.13. The third-order valence-electron chi connectivity index (χ3n) is 6.98. The number of carbonyl (C=O) groups is 3. The summed E-state index contributed by atoms with van der Waals surface area (Å²) in [5.41, 5.74) is 3.40. The molecule has 1 saturated heterocycles. The summed E-state index contributed by atoms with van der Waals surface area (Å²) in [4.78, 5) is 39.3. The lowest BCUT2D eigenvalue weighted by atomic mass is 9.75. The van der Waals surface area contributed by atoms with Gasteiger partial charge in [0.25, 0.3) is 11.8 Å². The smallest absolute Gasteiger partial charge is 0.274 e. The van der Waals surface area contributed by atoms with Crippen LogP contribution in [0.4, 0.5) is 11.4 Å². The van der Waals surface area contributed by atoms with E-state index in [1.54, 1.807) is 32.2 Å². The van der Waals surface area contributed by atoms with Gasteiger partial charge in [-0.05, 0) is 60.7 Å². The fraction of sp³-hybridized carbons (Fsp3) is 0.308. The van der Waals surface area contributed by atoms with Crippen LogP contribution in [0.3, 0.4) is 0 Å². The number of aryl methyl sites for hydroxylation is 2. The molecule has 2 aliphatic heterocycles. The van der Waals surface area contributed by atoms with Crippen molar-refractivity contribution in [3.05, 3.63) is 71.4 Å². The Bertz CT molecular complexity index is 1390. The summed E-state index contributed by atoms with van der Waals surface area (Å²) in [5, 5.41) is 12.7. The van der Waals surface area contributed by atoms with Crippen molar-refractivity contribution in [2.24, 2.45) is 14.1 Å². The first-order valence-electron chi connectivity index (χ1n) is 11.8. The molecular formula is C26H28N6O4. The van der Waals surface area contributed by atoms with E-state index in [1.807, 2.05) is 36.1 Å². The lowest BCUT2D eigenvalue weighted by molar-refractivity contribution is -0.124. The highest BCUT2D eigenvalue weighted by Crippen LogP contribution is 2.45.